The summed E-state index contributed by atoms with van der Waals surface area (Å²) in [5.41, 5.74) is 6.60. The highest BCUT2D eigenvalue weighted by Gasteiger charge is 2.23. The smallest absolute Gasteiger partial charge is 0.238 e. The van der Waals surface area contributed by atoms with E-state index in [1.165, 1.54) is 5.56 Å². The molecular formula is C17H25N3O2. The number of hydrogen-bond acceptors (Lipinski definition) is 4. The fourth-order valence-corrected chi connectivity index (χ4v) is 3.24. The Balaban J connectivity index is 1.81. The molecule has 3 rings (SSSR count). The highest BCUT2D eigenvalue weighted by Crippen LogP contribution is 2.29. The maximum absolute atomic E-state index is 11.9. The van der Waals surface area contributed by atoms with Gasteiger partial charge in [-0.1, -0.05) is 17.7 Å². The number of benzene rings is 1. The van der Waals surface area contributed by atoms with Gasteiger partial charge in [0.05, 0.1) is 6.54 Å². The highest BCUT2D eigenvalue weighted by atomic mass is 16.5. The van der Waals surface area contributed by atoms with Crippen molar-refractivity contribution in [3.63, 3.8) is 0 Å². The van der Waals surface area contributed by atoms with Crippen LogP contribution >= 0.6 is 0 Å². The van der Waals surface area contributed by atoms with Gasteiger partial charge in [0.25, 0.3) is 0 Å². The molecular weight excluding hydrogens is 278 g/mol. The average molecular weight is 303 g/mol. The predicted molar refractivity (Wildman–Crippen MR) is 85.6 cm³/mol. The van der Waals surface area contributed by atoms with E-state index in [1.54, 1.807) is 5.01 Å². The average Bonchev–Trinajstić information content (AvgIpc) is 2.89. The molecule has 0 atom stereocenters. The number of piperidine rings is 1. The van der Waals surface area contributed by atoms with Crippen molar-refractivity contribution in [2.24, 2.45) is 0 Å². The van der Waals surface area contributed by atoms with Crippen LogP contribution in [0.4, 0.5) is 0 Å². The van der Waals surface area contributed by atoms with Crippen molar-refractivity contribution in [3.05, 3.63) is 28.8 Å². The third kappa shape index (κ3) is 3.42. The molecule has 0 aromatic heterocycles. The van der Waals surface area contributed by atoms with E-state index >= 15 is 0 Å². The maximum Gasteiger partial charge on any atom is 0.238 e. The first-order valence-electron chi connectivity index (χ1n) is 8.15. The first-order chi connectivity index (χ1) is 10.6. The molecule has 1 amide bonds. The molecule has 0 saturated carbocycles. The molecule has 2 saturated heterocycles. The van der Waals surface area contributed by atoms with Crippen LogP contribution in [0.2, 0.25) is 0 Å². The molecule has 1 aromatic carbocycles. The number of hydrogen-bond donors (Lipinski definition) is 2. The van der Waals surface area contributed by atoms with Crippen molar-refractivity contribution >= 4 is 5.91 Å². The fraction of sp³-hybridized carbons (Fsp3) is 0.588. The number of nitrogens with one attached hydrogen (secondary N) is 2. The summed E-state index contributed by atoms with van der Waals surface area (Å²) in [4.78, 5) is 11.9. The van der Waals surface area contributed by atoms with Gasteiger partial charge in [0.2, 0.25) is 5.91 Å². The lowest BCUT2D eigenvalue weighted by Gasteiger charge is -2.27. The maximum atomic E-state index is 11.9. The molecule has 0 unspecified atom stereocenters. The van der Waals surface area contributed by atoms with Crippen molar-refractivity contribution in [2.75, 3.05) is 19.6 Å². The van der Waals surface area contributed by atoms with Gasteiger partial charge in [-0.25, -0.2) is 5.43 Å². The molecule has 2 heterocycles. The lowest BCUT2D eigenvalue weighted by atomic mass is 10.0. The van der Waals surface area contributed by atoms with Crippen molar-refractivity contribution in [1.82, 2.24) is 15.8 Å². The SMILES string of the molecule is Cc1cc(C)c(OC2CCNCC2)c(CN2NCCC2=O)c1. The number of amides is 1. The van der Waals surface area contributed by atoms with Crippen LogP contribution in [0.15, 0.2) is 12.1 Å². The van der Waals surface area contributed by atoms with E-state index in [9.17, 15) is 4.79 Å². The Hall–Kier alpha value is -1.59. The van der Waals surface area contributed by atoms with Gasteiger partial charge in [0.15, 0.2) is 0 Å². The minimum Gasteiger partial charge on any atom is -0.490 e. The standard InChI is InChI=1S/C17H25N3O2/c1-12-9-13(2)17(22-15-3-6-18-7-4-15)14(10-12)11-20-16(21)5-8-19-20/h9-10,15,18-19H,3-8,11H2,1-2H3. The zero-order valence-electron chi connectivity index (χ0n) is 13.4. The van der Waals surface area contributed by atoms with Gasteiger partial charge in [-0.05, 0) is 45.3 Å². The molecule has 2 aliphatic heterocycles. The summed E-state index contributed by atoms with van der Waals surface area (Å²) in [5, 5.41) is 5.07. The molecule has 5 heteroatoms. The van der Waals surface area contributed by atoms with Gasteiger partial charge >= 0.3 is 0 Å². The van der Waals surface area contributed by atoms with E-state index in [2.05, 4.69) is 36.7 Å². The van der Waals surface area contributed by atoms with Crippen molar-refractivity contribution in [3.8, 4) is 5.75 Å². The Labute approximate surface area is 132 Å². The molecule has 2 N–H and O–H groups in total. The Bertz CT molecular complexity index is 553. The van der Waals surface area contributed by atoms with Crippen molar-refractivity contribution in [2.45, 2.75) is 45.8 Å². The molecule has 5 nitrogen and oxygen atoms in total. The Morgan fingerprint density at radius 1 is 1.23 bits per heavy atom. The van der Waals surface area contributed by atoms with Gasteiger partial charge in [-0.3, -0.25) is 9.80 Å². The summed E-state index contributed by atoms with van der Waals surface area (Å²) < 4.78 is 6.31. The van der Waals surface area contributed by atoms with Gasteiger partial charge in [-0.2, -0.15) is 0 Å². The second-order valence-electron chi connectivity index (χ2n) is 6.28. The van der Waals surface area contributed by atoms with Crippen LogP contribution in [-0.2, 0) is 11.3 Å². The number of ether oxygens (including phenoxy) is 1. The number of aryl methyl sites for hydroxylation is 2. The second kappa shape index (κ2) is 6.67. The summed E-state index contributed by atoms with van der Waals surface area (Å²) in [5.74, 6) is 1.12. The third-order valence-corrected chi connectivity index (χ3v) is 4.34. The van der Waals surface area contributed by atoms with E-state index in [-0.39, 0.29) is 12.0 Å². The molecule has 2 fully saturated rings. The molecule has 1 aromatic rings. The largest absolute Gasteiger partial charge is 0.490 e. The van der Waals surface area contributed by atoms with E-state index in [0.29, 0.717) is 13.0 Å². The second-order valence-corrected chi connectivity index (χ2v) is 6.28. The van der Waals surface area contributed by atoms with Crippen LogP contribution in [0.5, 0.6) is 5.75 Å². The van der Waals surface area contributed by atoms with Crippen LogP contribution in [0.1, 0.15) is 36.0 Å². The summed E-state index contributed by atoms with van der Waals surface area (Å²) >= 11 is 0. The predicted octanol–water partition coefficient (Wildman–Crippen LogP) is 1.67. The molecule has 0 radical (unpaired) electrons. The molecule has 2 aliphatic rings. The summed E-state index contributed by atoms with van der Waals surface area (Å²) in [7, 11) is 0. The molecule has 0 aliphatic carbocycles. The topological polar surface area (TPSA) is 53.6 Å². The van der Waals surface area contributed by atoms with Gasteiger partial charge in [0.1, 0.15) is 11.9 Å². The van der Waals surface area contributed by atoms with E-state index in [1.807, 2.05) is 0 Å². The van der Waals surface area contributed by atoms with Gasteiger partial charge in [0, 0.05) is 18.5 Å². The van der Waals surface area contributed by atoms with Crippen LogP contribution in [0, 0.1) is 13.8 Å². The number of nitrogens with zero attached hydrogens (tertiary/aromatic N) is 1. The molecule has 0 bridgehead atoms. The van der Waals surface area contributed by atoms with E-state index in [0.717, 1.165) is 49.4 Å². The van der Waals surface area contributed by atoms with Gasteiger partial charge in [-0.15, -0.1) is 0 Å². The lowest BCUT2D eigenvalue weighted by Crippen LogP contribution is -2.35. The Morgan fingerprint density at radius 2 is 2.00 bits per heavy atom. The van der Waals surface area contributed by atoms with E-state index < -0.39 is 0 Å². The minimum absolute atomic E-state index is 0.159. The highest BCUT2D eigenvalue weighted by molar-refractivity contribution is 5.77. The first-order valence-corrected chi connectivity index (χ1v) is 8.15. The Morgan fingerprint density at radius 3 is 2.68 bits per heavy atom. The summed E-state index contributed by atoms with van der Waals surface area (Å²) in [6.45, 7) is 7.50. The third-order valence-electron chi connectivity index (χ3n) is 4.34. The van der Waals surface area contributed by atoms with Crippen LogP contribution in [-0.4, -0.2) is 36.7 Å². The van der Waals surface area contributed by atoms with Crippen LogP contribution < -0.4 is 15.5 Å². The van der Waals surface area contributed by atoms with Crippen LogP contribution in [0.25, 0.3) is 0 Å². The number of carbonyl (C=O) groups is 1. The summed E-state index contributed by atoms with van der Waals surface area (Å²) in [6, 6.07) is 4.29. The minimum atomic E-state index is 0.159. The number of rotatable bonds is 4. The van der Waals surface area contributed by atoms with Crippen LogP contribution in [0.3, 0.4) is 0 Å². The van der Waals surface area contributed by atoms with Crippen molar-refractivity contribution < 1.29 is 9.53 Å². The molecule has 120 valence electrons. The zero-order chi connectivity index (χ0) is 15.5. The van der Waals surface area contributed by atoms with E-state index in [4.69, 9.17) is 4.74 Å². The monoisotopic (exact) mass is 303 g/mol. The quantitative estimate of drug-likeness (QED) is 0.888. The van der Waals surface area contributed by atoms with Crippen molar-refractivity contribution in [1.29, 1.82) is 0 Å². The Kier molecular flexibility index (Phi) is 4.64. The number of carbonyl (C=O) groups excluding carboxylic acids is 1. The number of hydrazine groups is 1. The zero-order valence-corrected chi connectivity index (χ0v) is 13.4. The first kappa shape index (κ1) is 15.3. The lowest BCUT2D eigenvalue weighted by molar-refractivity contribution is -0.130. The fourth-order valence-electron chi connectivity index (χ4n) is 3.24. The van der Waals surface area contributed by atoms with Gasteiger partial charge < -0.3 is 10.1 Å². The molecule has 0 spiro atoms. The molecule has 22 heavy (non-hydrogen) atoms. The summed E-state index contributed by atoms with van der Waals surface area (Å²) in [6.07, 6.45) is 2.92. The normalized spacial score (nSPS) is 19.7.